The molecule has 0 spiro atoms. The molecular weight excluding hydrogens is 312 g/mol. The van der Waals surface area contributed by atoms with Gasteiger partial charge in [-0.2, -0.15) is 4.98 Å². The average Bonchev–Trinajstić information content (AvgIpc) is 2.55. The molecule has 1 N–H and O–H groups in total. The highest BCUT2D eigenvalue weighted by Gasteiger charge is 2.20. The van der Waals surface area contributed by atoms with Gasteiger partial charge in [-0.25, -0.2) is 4.98 Å². The number of hydrogen-bond donors (Lipinski definition) is 1. The molecule has 1 aliphatic rings. The number of halogens is 1. The normalized spacial score (nSPS) is 17.9. The van der Waals surface area contributed by atoms with E-state index in [-0.39, 0.29) is 0 Å². The van der Waals surface area contributed by atoms with Gasteiger partial charge >= 0.3 is 0 Å². The molecule has 6 heteroatoms. The van der Waals surface area contributed by atoms with Crippen LogP contribution < -0.4 is 15.0 Å². The van der Waals surface area contributed by atoms with Gasteiger partial charge < -0.3 is 15.0 Å². The Morgan fingerprint density at radius 3 is 2.70 bits per heavy atom. The van der Waals surface area contributed by atoms with Crippen LogP contribution in [-0.4, -0.2) is 29.7 Å². The number of ether oxygens (including phenoxy) is 1. The van der Waals surface area contributed by atoms with E-state index >= 15 is 0 Å². The summed E-state index contributed by atoms with van der Waals surface area (Å²) < 4.78 is 5.16. The number of methoxy groups -OCH3 is 1. The van der Waals surface area contributed by atoms with Gasteiger partial charge in [-0.15, -0.1) is 0 Å². The summed E-state index contributed by atoms with van der Waals surface area (Å²) in [7, 11) is 1.65. The quantitative estimate of drug-likeness (QED) is 0.848. The second-order valence-electron chi connectivity index (χ2n) is 5.76. The number of benzene rings is 1. The van der Waals surface area contributed by atoms with Gasteiger partial charge in [0, 0.05) is 24.3 Å². The molecule has 122 valence electrons. The highest BCUT2D eigenvalue weighted by atomic mass is 35.5. The third kappa shape index (κ3) is 3.85. The molecule has 23 heavy (non-hydrogen) atoms. The Morgan fingerprint density at radius 2 is 2.00 bits per heavy atom. The minimum Gasteiger partial charge on any atom is -0.497 e. The van der Waals surface area contributed by atoms with Crippen LogP contribution in [0.3, 0.4) is 0 Å². The van der Waals surface area contributed by atoms with Gasteiger partial charge in [0.25, 0.3) is 0 Å². The fraction of sp³-hybridized carbons (Fsp3) is 0.412. The minimum atomic E-state index is 0.448. The fourth-order valence-corrected chi connectivity index (χ4v) is 3.03. The molecule has 0 aliphatic carbocycles. The van der Waals surface area contributed by atoms with Crippen molar-refractivity contribution in [2.45, 2.75) is 32.2 Å². The lowest BCUT2D eigenvalue weighted by Crippen LogP contribution is -2.38. The molecule has 1 fully saturated rings. The molecule has 2 heterocycles. The Balaban J connectivity index is 1.81. The summed E-state index contributed by atoms with van der Waals surface area (Å²) in [6, 6.07) is 9.94. The standard InChI is InChI=1S/C17H21ClN4O/c1-12-5-3-4-10-22(12)16-11-15(18)20-17(21-16)19-13-6-8-14(23-2)9-7-13/h6-9,11-12H,3-5,10H2,1-2H3,(H,19,20,21). The van der Waals surface area contributed by atoms with Crippen molar-refractivity contribution in [3.8, 4) is 5.75 Å². The van der Waals surface area contributed by atoms with Crippen LogP contribution in [0.1, 0.15) is 26.2 Å². The predicted molar refractivity (Wildman–Crippen MR) is 94.0 cm³/mol. The van der Waals surface area contributed by atoms with Crippen molar-refractivity contribution in [3.05, 3.63) is 35.5 Å². The maximum Gasteiger partial charge on any atom is 0.230 e. The van der Waals surface area contributed by atoms with E-state index in [1.807, 2.05) is 30.3 Å². The van der Waals surface area contributed by atoms with Crippen LogP contribution in [-0.2, 0) is 0 Å². The zero-order chi connectivity index (χ0) is 16.2. The molecule has 1 unspecified atom stereocenters. The Bertz CT molecular complexity index is 662. The molecule has 1 aromatic carbocycles. The largest absolute Gasteiger partial charge is 0.497 e. The van der Waals surface area contributed by atoms with Gasteiger partial charge in [0.1, 0.15) is 16.7 Å². The fourth-order valence-electron chi connectivity index (χ4n) is 2.85. The van der Waals surface area contributed by atoms with Crippen molar-refractivity contribution in [1.82, 2.24) is 9.97 Å². The van der Waals surface area contributed by atoms with Crippen LogP contribution in [0.2, 0.25) is 5.15 Å². The molecule has 3 rings (SSSR count). The van der Waals surface area contributed by atoms with Crippen molar-refractivity contribution in [2.75, 3.05) is 23.9 Å². The second kappa shape index (κ2) is 7.04. The molecule has 0 amide bonds. The van der Waals surface area contributed by atoms with E-state index < -0.39 is 0 Å². The molecule has 1 aromatic heterocycles. The molecule has 2 aromatic rings. The van der Waals surface area contributed by atoms with E-state index in [4.69, 9.17) is 16.3 Å². The third-order valence-electron chi connectivity index (χ3n) is 4.12. The first-order valence-electron chi connectivity index (χ1n) is 7.88. The van der Waals surface area contributed by atoms with Crippen LogP contribution in [0.25, 0.3) is 0 Å². The van der Waals surface area contributed by atoms with Gasteiger partial charge in [-0.3, -0.25) is 0 Å². The lowest BCUT2D eigenvalue weighted by Gasteiger charge is -2.34. The Labute approximate surface area is 141 Å². The molecular formula is C17H21ClN4O. The topological polar surface area (TPSA) is 50.3 Å². The number of nitrogens with zero attached hydrogens (tertiary/aromatic N) is 3. The Kier molecular flexibility index (Phi) is 4.86. The monoisotopic (exact) mass is 332 g/mol. The smallest absolute Gasteiger partial charge is 0.230 e. The number of rotatable bonds is 4. The van der Waals surface area contributed by atoms with Crippen LogP contribution in [0, 0.1) is 0 Å². The Morgan fingerprint density at radius 1 is 1.22 bits per heavy atom. The van der Waals surface area contributed by atoms with Gasteiger partial charge in [-0.1, -0.05) is 11.6 Å². The van der Waals surface area contributed by atoms with Crippen LogP contribution >= 0.6 is 11.6 Å². The summed E-state index contributed by atoms with van der Waals surface area (Å²) in [4.78, 5) is 11.2. The molecule has 5 nitrogen and oxygen atoms in total. The van der Waals surface area contributed by atoms with Gasteiger partial charge in [-0.05, 0) is 50.5 Å². The zero-order valence-electron chi connectivity index (χ0n) is 13.4. The minimum absolute atomic E-state index is 0.448. The SMILES string of the molecule is COc1ccc(Nc2nc(Cl)cc(N3CCCCC3C)n2)cc1. The third-order valence-corrected chi connectivity index (χ3v) is 4.32. The number of hydrogen-bond acceptors (Lipinski definition) is 5. The van der Waals surface area contributed by atoms with Crippen LogP contribution in [0.5, 0.6) is 5.75 Å². The van der Waals surface area contributed by atoms with Crippen LogP contribution in [0.4, 0.5) is 17.5 Å². The molecule has 0 bridgehead atoms. The molecule has 1 aliphatic heterocycles. The highest BCUT2D eigenvalue weighted by Crippen LogP contribution is 2.27. The predicted octanol–water partition coefficient (Wildman–Crippen LogP) is 4.26. The highest BCUT2D eigenvalue weighted by molar-refractivity contribution is 6.29. The van der Waals surface area contributed by atoms with Crippen molar-refractivity contribution in [2.24, 2.45) is 0 Å². The van der Waals surface area contributed by atoms with E-state index in [9.17, 15) is 0 Å². The van der Waals surface area contributed by atoms with Crippen molar-refractivity contribution < 1.29 is 4.74 Å². The summed E-state index contributed by atoms with van der Waals surface area (Å²) >= 11 is 6.19. The lowest BCUT2D eigenvalue weighted by molar-refractivity contribution is 0.415. The van der Waals surface area contributed by atoms with E-state index in [1.165, 1.54) is 19.3 Å². The number of anilines is 3. The first-order chi connectivity index (χ1) is 11.2. The zero-order valence-corrected chi connectivity index (χ0v) is 14.2. The number of aromatic nitrogens is 2. The average molecular weight is 333 g/mol. The van der Waals surface area contributed by atoms with Crippen molar-refractivity contribution >= 4 is 29.1 Å². The summed E-state index contributed by atoms with van der Waals surface area (Å²) in [6.45, 7) is 3.24. The maximum absolute atomic E-state index is 6.19. The molecule has 0 saturated carbocycles. The summed E-state index contributed by atoms with van der Waals surface area (Å²) in [5, 5.41) is 3.65. The van der Waals surface area contributed by atoms with Crippen molar-refractivity contribution in [1.29, 1.82) is 0 Å². The first kappa shape index (κ1) is 15.9. The van der Waals surface area contributed by atoms with Crippen molar-refractivity contribution in [3.63, 3.8) is 0 Å². The molecule has 0 radical (unpaired) electrons. The number of nitrogens with one attached hydrogen (secondary N) is 1. The van der Waals surface area contributed by atoms with Gasteiger partial charge in [0.15, 0.2) is 0 Å². The van der Waals surface area contributed by atoms with E-state index in [0.717, 1.165) is 23.8 Å². The number of piperidine rings is 1. The summed E-state index contributed by atoms with van der Waals surface area (Å²) in [5.74, 6) is 2.20. The second-order valence-corrected chi connectivity index (χ2v) is 6.15. The maximum atomic E-state index is 6.19. The summed E-state index contributed by atoms with van der Waals surface area (Å²) in [6.07, 6.45) is 3.64. The van der Waals surface area contributed by atoms with E-state index in [2.05, 4.69) is 27.1 Å². The van der Waals surface area contributed by atoms with Gasteiger partial charge in [0.05, 0.1) is 7.11 Å². The van der Waals surface area contributed by atoms with E-state index in [1.54, 1.807) is 7.11 Å². The van der Waals surface area contributed by atoms with E-state index in [0.29, 0.717) is 17.1 Å². The summed E-state index contributed by atoms with van der Waals surface area (Å²) in [5.41, 5.74) is 0.894. The van der Waals surface area contributed by atoms with Gasteiger partial charge in [0.2, 0.25) is 5.95 Å². The Hall–Kier alpha value is -2.01. The first-order valence-corrected chi connectivity index (χ1v) is 8.26. The molecule has 1 atom stereocenters. The van der Waals surface area contributed by atoms with Crippen LogP contribution in [0.15, 0.2) is 30.3 Å². The lowest BCUT2D eigenvalue weighted by atomic mass is 10.0. The molecule has 1 saturated heterocycles.